The van der Waals surface area contributed by atoms with Gasteiger partial charge in [0, 0.05) is 20.0 Å². The lowest BCUT2D eigenvalue weighted by Crippen LogP contribution is -2.39. The molecule has 1 fully saturated rings. The number of esters is 1. The van der Waals surface area contributed by atoms with Crippen molar-refractivity contribution in [3.8, 4) is 0 Å². The zero-order chi connectivity index (χ0) is 12.7. The van der Waals surface area contributed by atoms with Crippen LogP contribution in [0.15, 0.2) is 0 Å². The van der Waals surface area contributed by atoms with Crippen molar-refractivity contribution in [2.24, 2.45) is 5.92 Å². The standard InChI is InChI=1S/C12H22N2O3/c1-13-11(15)6-4-8-14-7-3-5-10(9-14)12(16)17-2/h10H,3-9H2,1-2H3,(H,13,15). The second-order valence-corrected chi connectivity index (χ2v) is 4.44. The molecule has 0 aromatic heterocycles. The maximum atomic E-state index is 11.4. The van der Waals surface area contributed by atoms with E-state index in [1.54, 1.807) is 7.05 Å². The Morgan fingerprint density at radius 2 is 2.24 bits per heavy atom. The van der Waals surface area contributed by atoms with E-state index < -0.39 is 0 Å². The minimum Gasteiger partial charge on any atom is -0.469 e. The van der Waals surface area contributed by atoms with Gasteiger partial charge in [0.25, 0.3) is 0 Å². The van der Waals surface area contributed by atoms with E-state index in [-0.39, 0.29) is 17.8 Å². The van der Waals surface area contributed by atoms with E-state index >= 15 is 0 Å². The Labute approximate surface area is 102 Å². The van der Waals surface area contributed by atoms with Crippen molar-refractivity contribution >= 4 is 11.9 Å². The fraction of sp³-hybridized carbons (Fsp3) is 0.833. The Morgan fingerprint density at radius 1 is 1.47 bits per heavy atom. The lowest BCUT2D eigenvalue weighted by molar-refractivity contribution is -0.147. The molecule has 0 saturated carbocycles. The number of rotatable bonds is 5. The number of likely N-dealkylation sites (tertiary alicyclic amines) is 1. The Hall–Kier alpha value is -1.10. The summed E-state index contributed by atoms with van der Waals surface area (Å²) in [5, 5.41) is 2.61. The summed E-state index contributed by atoms with van der Waals surface area (Å²) >= 11 is 0. The first-order valence-electron chi connectivity index (χ1n) is 6.18. The van der Waals surface area contributed by atoms with Crippen LogP contribution in [0, 0.1) is 5.92 Å². The molecule has 1 heterocycles. The number of ether oxygens (including phenoxy) is 1. The van der Waals surface area contributed by atoms with E-state index in [9.17, 15) is 9.59 Å². The van der Waals surface area contributed by atoms with Crippen molar-refractivity contribution in [3.63, 3.8) is 0 Å². The van der Waals surface area contributed by atoms with Gasteiger partial charge in [-0.3, -0.25) is 9.59 Å². The number of amides is 1. The predicted octanol–water partition coefficient (Wildman–Crippen LogP) is 0.398. The molecule has 1 aliphatic heterocycles. The maximum Gasteiger partial charge on any atom is 0.309 e. The lowest BCUT2D eigenvalue weighted by Gasteiger charge is -2.31. The molecule has 1 amide bonds. The SMILES string of the molecule is CNC(=O)CCCN1CCCC(C(=O)OC)C1. The van der Waals surface area contributed by atoms with Crippen LogP contribution in [0.3, 0.4) is 0 Å². The van der Waals surface area contributed by atoms with E-state index in [1.165, 1.54) is 7.11 Å². The van der Waals surface area contributed by atoms with Crippen molar-refractivity contribution in [2.45, 2.75) is 25.7 Å². The van der Waals surface area contributed by atoms with Gasteiger partial charge in [0.2, 0.25) is 5.91 Å². The molecule has 1 aliphatic rings. The molecule has 5 heteroatoms. The molecule has 5 nitrogen and oxygen atoms in total. The van der Waals surface area contributed by atoms with Crippen LogP contribution in [0.2, 0.25) is 0 Å². The van der Waals surface area contributed by atoms with Crippen LogP contribution in [0.4, 0.5) is 0 Å². The number of hydrogen-bond acceptors (Lipinski definition) is 4. The number of nitrogens with zero attached hydrogens (tertiary/aromatic N) is 1. The summed E-state index contributed by atoms with van der Waals surface area (Å²) in [4.78, 5) is 24.7. The molecule has 17 heavy (non-hydrogen) atoms. The van der Waals surface area contributed by atoms with Gasteiger partial charge >= 0.3 is 5.97 Å². The van der Waals surface area contributed by atoms with Gasteiger partial charge in [-0.2, -0.15) is 0 Å². The van der Waals surface area contributed by atoms with Gasteiger partial charge in [-0.1, -0.05) is 0 Å². The zero-order valence-corrected chi connectivity index (χ0v) is 10.7. The van der Waals surface area contributed by atoms with Crippen LogP contribution in [0.5, 0.6) is 0 Å². The first kappa shape index (κ1) is 14.0. The van der Waals surface area contributed by atoms with Gasteiger partial charge in [-0.05, 0) is 32.4 Å². The molecule has 1 atom stereocenters. The van der Waals surface area contributed by atoms with Crippen LogP contribution in [0.1, 0.15) is 25.7 Å². The van der Waals surface area contributed by atoms with Crippen LogP contribution in [-0.2, 0) is 14.3 Å². The normalized spacial score (nSPS) is 20.9. The molecular weight excluding hydrogens is 220 g/mol. The molecule has 1 N–H and O–H groups in total. The first-order chi connectivity index (χ1) is 8.17. The van der Waals surface area contributed by atoms with Crippen molar-refractivity contribution in [1.82, 2.24) is 10.2 Å². The summed E-state index contributed by atoms with van der Waals surface area (Å²) in [6.07, 6.45) is 3.34. The topological polar surface area (TPSA) is 58.6 Å². The first-order valence-corrected chi connectivity index (χ1v) is 6.18. The summed E-state index contributed by atoms with van der Waals surface area (Å²) in [7, 11) is 3.09. The molecule has 0 aromatic carbocycles. The van der Waals surface area contributed by atoms with E-state index in [2.05, 4.69) is 10.2 Å². The number of methoxy groups -OCH3 is 1. The molecule has 98 valence electrons. The van der Waals surface area contributed by atoms with Gasteiger partial charge in [0.1, 0.15) is 0 Å². The molecule has 0 radical (unpaired) electrons. The highest BCUT2D eigenvalue weighted by Crippen LogP contribution is 2.17. The Morgan fingerprint density at radius 3 is 2.88 bits per heavy atom. The molecule has 0 aliphatic carbocycles. The third-order valence-electron chi connectivity index (χ3n) is 3.20. The molecule has 0 bridgehead atoms. The lowest BCUT2D eigenvalue weighted by atomic mass is 9.98. The van der Waals surface area contributed by atoms with Gasteiger partial charge in [0.05, 0.1) is 13.0 Å². The van der Waals surface area contributed by atoms with Gasteiger partial charge in [-0.25, -0.2) is 0 Å². The van der Waals surface area contributed by atoms with Gasteiger partial charge in [0.15, 0.2) is 0 Å². The van der Waals surface area contributed by atoms with Crippen LogP contribution in [0.25, 0.3) is 0 Å². The average molecular weight is 242 g/mol. The monoisotopic (exact) mass is 242 g/mol. The van der Waals surface area contributed by atoms with E-state index in [0.29, 0.717) is 6.42 Å². The van der Waals surface area contributed by atoms with Gasteiger partial charge in [-0.15, -0.1) is 0 Å². The highest BCUT2D eigenvalue weighted by atomic mass is 16.5. The number of hydrogen-bond donors (Lipinski definition) is 1. The van der Waals surface area contributed by atoms with Gasteiger partial charge < -0.3 is 15.0 Å². The molecule has 1 rings (SSSR count). The summed E-state index contributed by atoms with van der Waals surface area (Å²) in [5.74, 6) is -0.0266. The minimum atomic E-state index is -0.110. The van der Waals surface area contributed by atoms with Crippen molar-refractivity contribution in [2.75, 3.05) is 33.8 Å². The summed E-state index contributed by atoms with van der Waals surface area (Å²) in [6, 6.07) is 0. The quantitative estimate of drug-likeness (QED) is 0.709. The average Bonchev–Trinajstić information content (AvgIpc) is 2.38. The molecule has 1 unspecified atom stereocenters. The molecule has 0 spiro atoms. The van der Waals surface area contributed by atoms with Crippen molar-refractivity contribution in [1.29, 1.82) is 0 Å². The summed E-state index contributed by atoms with van der Waals surface area (Å²) < 4.78 is 4.77. The van der Waals surface area contributed by atoms with E-state index in [4.69, 9.17) is 4.74 Å². The third-order valence-corrected chi connectivity index (χ3v) is 3.20. The molecule has 0 aromatic rings. The number of nitrogens with one attached hydrogen (secondary N) is 1. The fourth-order valence-electron chi connectivity index (χ4n) is 2.21. The Kier molecular flexibility index (Phi) is 5.97. The summed E-state index contributed by atoms with van der Waals surface area (Å²) in [5.41, 5.74) is 0. The fourth-order valence-corrected chi connectivity index (χ4v) is 2.21. The second-order valence-electron chi connectivity index (χ2n) is 4.44. The van der Waals surface area contributed by atoms with Crippen LogP contribution < -0.4 is 5.32 Å². The third kappa shape index (κ3) is 4.73. The molecular formula is C12H22N2O3. The Bertz CT molecular complexity index is 268. The number of carbonyl (C=O) groups excluding carboxylic acids is 2. The Balaban J connectivity index is 2.25. The molecule has 1 saturated heterocycles. The predicted molar refractivity (Wildman–Crippen MR) is 64.5 cm³/mol. The zero-order valence-electron chi connectivity index (χ0n) is 10.7. The van der Waals surface area contributed by atoms with E-state index in [0.717, 1.165) is 38.9 Å². The number of carbonyl (C=O) groups is 2. The highest BCUT2D eigenvalue weighted by Gasteiger charge is 2.25. The maximum absolute atomic E-state index is 11.4. The van der Waals surface area contributed by atoms with E-state index in [1.807, 2.05) is 0 Å². The summed E-state index contributed by atoms with van der Waals surface area (Å²) in [6.45, 7) is 2.66. The minimum absolute atomic E-state index is 0.00810. The highest BCUT2D eigenvalue weighted by molar-refractivity contribution is 5.75. The van der Waals surface area contributed by atoms with Crippen molar-refractivity contribution in [3.05, 3.63) is 0 Å². The largest absolute Gasteiger partial charge is 0.469 e. The van der Waals surface area contributed by atoms with Crippen LogP contribution in [-0.4, -0.2) is 50.6 Å². The smallest absolute Gasteiger partial charge is 0.309 e. The second kappa shape index (κ2) is 7.27. The van der Waals surface area contributed by atoms with Crippen LogP contribution >= 0.6 is 0 Å². The van der Waals surface area contributed by atoms with Crippen molar-refractivity contribution < 1.29 is 14.3 Å². The number of piperidine rings is 1.